The monoisotopic (exact) mass is 1030 g/mol. The van der Waals surface area contributed by atoms with Gasteiger partial charge in [0.25, 0.3) is 17.6 Å². The SMILES string of the molecule is CCn1c(CNC(=O)c2nc3cc[nH]c3nc2N)[n+](CC)c2ccc(C(=O)N(C)CCCN(C[C@H](O)[C@@H](O)[C@H](O)[C@H](O)CO)C[C@H](O)[C@@H](O)[C@H](O)[C@H](O)CO)cc21.O=C(O)C(F)(F)F.O=C([O-])C(F)(F)F. The van der Waals surface area contributed by atoms with E-state index in [-0.39, 0.29) is 43.5 Å². The number of carbonyl (C=O) groups is 4. The van der Waals surface area contributed by atoms with Crippen LogP contribution in [0.5, 0.6) is 0 Å². The van der Waals surface area contributed by atoms with E-state index in [0.717, 1.165) is 16.9 Å². The molecule has 0 fully saturated rings. The highest BCUT2D eigenvalue weighted by Gasteiger charge is 2.38. The minimum atomic E-state index is -5.19. The minimum absolute atomic E-state index is 0.000687. The molecule has 4 aromatic rings. The molecule has 15 N–H and O–H groups in total. The number of H-pyrrole nitrogens is 1. The Bertz CT molecular complexity index is 2320. The first-order valence-corrected chi connectivity index (χ1v) is 21.1. The van der Waals surface area contributed by atoms with Crippen molar-refractivity contribution in [3.8, 4) is 0 Å². The zero-order valence-corrected chi connectivity index (χ0v) is 38.1. The molecule has 0 aliphatic rings. The number of aliphatic hydroxyl groups excluding tert-OH is 10. The van der Waals surface area contributed by atoms with Gasteiger partial charge in [-0.2, -0.15) is 26.3 Å². The second kappa shape index (κ2) is 27.1. The molecule has 71 heavy (non-hydrogen) atoms. The van der Waals surface area contributed by atoms with Crippen molar-refractivity contribution in [2.75, 3.05) is 52.2 Å². The third-order valence-corrected chi connectivity index (χ3v) is 10.4. The van der Waals surface area contributed by atoms with Gasteiger partial charge >= 0.3 is 18.3 Å². The van der Waals surface area contributed by atoms with E-state index in [2.05, 4.69) is 20.3 Å². The van der Waals surface area contributed by atoms with Crippen LogP contribution < -0.4 is 20.7 Å². The van der Waals surface area contributed by atoms with E-state index in [4.69, 9.17) is 35.7 Å². The number of rotatable bonds is 22. The van der Waals surface area contributed by atoms with E-state index >= 15 is 0 Å². The number of aliphatic hydroxyl groups is 10. The molecular weight excluding hydrogens is 976 g/mol. The van der Waals surface area contributed by atoms with Crippen molar-refractivity contribution in [1.29, 1.82) is 0 Å². The number of carboxylic acid groups (broad SMARTS) is 2. The van der Waals surface area contributed by atoms with Crippen molar-refractivity contribution in [3.05, 3.63) is 47.5 Å². The summed E-state index contributed by atoms with van der Waals surface area (Å²) in [6.07, 6.45) is -23.0. The normalized spacial score (nSPS) is 15.3. The molecule has 8 atom stereocenters. The Balaban J connectivity index is 0.00000107. The molecule has 0 bridgehead atoms. The van der Waals surface area contributed by atoms with Crippen molar-refractivity contribution < 1.29 is 111 Å². The number of aromatic nitrogens is 5. The minimum Gasteiger partial charge on any atom is -0.542 e. The Kier molecular flexibility index (Phi) is 23.4. The Morgan fingerprint density at radius 1 is 0.831 bits per heavy atom. The second-order valence-corrected chi connectivity index (χ2v) is 15.5. The summed E-state index contributed by atoms with van der Waals surface area (Å²) in [6.45, 7) is 2.68. The molecule has 0 saturated heterocycles. The van der Waals surface area contributed by atoms with Gasteiger partial charge in [-0.3, -0.25) is 14.5 Å². The molecular formula is C40H57F6N9O16. The second-order valence-electron chi connectivity index (χ2n) is 15.5. The van der Waals surface area contributed by atoms with Crippen LogP contribution in [0.3, 0.4) is 0 Å². The number of aliphatic carboxylic acids is 2. The van der Waals surface area contributed by atoms with Gasteiger partial charge in [0.05, 0.1) is 38.5 Å². The molecule has 3 heterocycles. The highest BCUT2D eigenvalue weighted by molar-refractivity contribution is 5.98. The van der Waals surface area contributed by atoms with Crippen LogP contribution in [0.4, 0.5) is 32.2 Å². The molecule has 0 spiro atoms. The first-order chi connectivity index (χ1) is 33.0. The Morgan fingerprint density at radius 3 is 1.79 bits per heavy atom. The molecule has 0 radical (unpaired) electrons. The number of benzene rings is 1. The summed E-state index contributed by atoms with van der Waals surface area (Å²) < 4.78 is 67.3. The van der Waals surface area contributed by atoms with Crippen molar-refractivity contribution in [2.45, 2.75) is 101 Å². The highest BCUT2D eigenvalue weighted by atomic mass is 19.4. The van der Waals surface area contributed by atoms with E-state index in [1.165, 1.54) is 9.80 Å². The first kappa shape index (κ1) is 61.3. The average molecular weight is 1030 g/mol. The van der Waals surface area contributed by atoms with Crippen LogP contribution in [-0.4, -0.2) is 217 Å². The lowest BCUT2D eigenvalue weighted by Gasteiger charge is -2.33. The molecule has 2 amide bonds. The molecule has 400 valence electrons. The van der Waals surface area contributed by atoms with Gasteiger partial charge in [0, 0.05) is 51.1 Å². The molecule has 4 rings (SSSR count). The van der Waals surface area contributed by atoms with E-state index in [1.54, 1.807) is 31.4 Å². The number of hydrogen-bond acceptors (Lipinski definition) is 19. The van der Waals surface area contributed by atoms with Gasteiger partial charge in [-0.15, -0.1) is 0 Å². The summed E-state index contributed by atoms with van der Waals surface area (Å²) in [5, 5.41) is 119. The lowest BCUT2D eigenvalue weighted by Crippen LogP contribution is -2.53. The average Bonchev–Trinajstić information content (AvgIpc) is 3.90. The highest BCUT2D eigenvalue weighted by Crippen LogP contribution is 2.20. The predicted molar refractivity (Wildman–Crippen MR) is 228 cm³/mol. The van der Waals surface area contributed by atoms with E-state index in [1.807, 2.05) is 29.0 Å². The number of nitrogens with zero attached hydrogens (tertiary/aromatic N) is 6. The number of halogens is 6. The summed E-state index contributed by atoms with van der Waals surface area (Å²) in [5.74, 6) is -5.83. The molecule has 0 saturated carbocycles. The maximum Gasteiger partial charge on any atom is 0.490 e. The summed E-state index contributed by atoms with van der Waals surface area (Å²) in [6, 6.07) is 6.97. The molecule has 1 aromatic carbocycles. The molecule has 0 aliphatic carbocycles. The number of hydrogen-bond donors (Lipinski definition) is 14. The van der Waals surface area contributed by atoms with Gasteiger partial charge in [0.1, 0.15) is 54.7 Å². The van der Waals surface area contributed by atoms with Gasteiger partial charge in [0.2, 0.25) is 0 Å². The number of carboxylic acids is 2. The molecule has 3 aromatic heterocycles. The van der Waals surface area contributed by atoms with Gasteiger partial charge in [-0.1, -0.05) is 0 Å². The van der Waals surface area contributed by atoms with Gasteiger partial charge in [-0.05, 0) is 38.5 Å². The number of amides is 2. The number of alkyl halides is 6. The lowest BCUT2D eigenvalue weighted by atomic mass is 10.0. The van der Waals surface area contributed by atoms with Gasteiger partial charge in [-0.25, -0.2) is 23.9 Å². The van der Waals surface area contributed by atoms with Crippen LogP contribution in [0.1, 0.15) is 46.9 Å². The maximum absolute atomic E-state index is 13.7. The molecule has 0 unspecified atom stereocenters. The van der Waals surface area contributed by atoms with Crippen molar-refractivity contribution in [3.63, 3.8) is 0 Å². The number of aromatic amines is 1. The smallest absolute Gasteiger partial charge is 0.490 e. The van der Waals surface area contributed by atoms with Crippen LogP contribution in [-0.2, 0) is 29.2 Å². The zero-order chi connectivity index (χ0) is 54.3. The third kappa shape index (κ3) is 17.2. The van der Waals surface area contributed by atoms with Crippen LogP contribution in [0.15, 0.2) is 30.5 Å². The third-order valence-electron chi connectivity index (χ3n) is 10.4. The predicted octanol–water partition coefficient (Wildman–Crippen LogP) is -4.68. The number of nitrogen functional groups attached to an aromatic ring is 1. The summed E-state index contributed by atoms with van der Waals surface area (Å²) in [5.41, 5.74) is 8.95. The molecule has 31 heteroatoms. The fourth-order valence-corrected chi connectivity index (χ4v) is 6.70. The van der Waals surface area contributed by atoms with Gasteiger partial charge in [0.15, 0.2) is 28.2 Å². The number of fused-ring (bicyclic) bond motifs is 2. The van der Waals surface area contributed by atoms with Crippen molar-refractivity contribution in [2.24, 2.45) is 0 Å². The number of nitrogens with one attached hydrogen (secondary N) is 2. The fourth-order valence-electron chi connectivity index (χ4n) is 6.70. The Morgan fingerprint density at radius 2 is 1.34 bits per heavy atom. The molecule has 0 aliphatic heterocycles. The number of imidazole rings is 1. The molecule has 25 nitrogen and oxygen atoms in total. The number of nitrogens with two attached hydrogens (primary N) is 1. The lowest BCUT2D eigenvalue weighted by molar-refractivity contribution is -0.676. The van der Waals surface area contributed by atoms with Crippen LogP contribution in [0.2, 0.25) is 0 Å². The van der Waals surface area contributed by atoms with Crippen molar-refractivity contribution >= 4 is 51.8 Å². The zero-order valence-electron chi connectivity index (χ0n) is 38.1. The van der Waals surface area contributed by atoms with Crippen LogP contribution in [0.25, 0.3) is 22.2 Å². The fraction of sp³-hybridized carbons (Fsp3) is 0.575. The van der Waals surface area contributed by atoms with E-state index in [9.17, 15) is 76.8 Å². The maximum atomic E-state index is 13.7. The first-order valence-electron chi connectivity index (χ1n) is 21.1. The van der Waals surface area contributed by atoms with E-state index in [0.29, 0.717) is 29.8 Å². The number of carbonyl (C=O) groups excluding carboxylic acids is 3. The van der Waals surface area contributed by atoms with E-state index < -0.39 is 105 Å². The number of aryl methyl sites for hydroxylation is 2. The topological polar surface area (TPSA) is 409 Å². The van der Waals surface area contributed by atoms with Crippen LogP contribution in [0, 0.1) is 0 Å². The standard InChI is InChI=1S/C36H55N9O12.2C2HF3O2/c1-4-44-21-8-7-19(13-22(21)45(5-2)27(44)14-39-35(56)28-33(37)41-34-20(40-28)9-10-38-34)36(57)42(3)11-6-12-43(15-23(48)29(52)31(54)25(50)17-46)16-24(49)30(53)32(55)26(51)18-47;2*3-2(4,5)1(6)7/h7-10,13,23-26,29-32,46-55H,4-6,11-12,14-18H2,1-3H3,(H3-,37,38,39,40,41,56);2*(H,6,7)/t23-,24-,25+,26+,29+,30+,31+,32+;;/m0../s1. The van der Waals surface area contributed by atoms with Crippen LogP contribution >= 0.6 is 0 Å². The summed E-state index contributed by atoms with van der Waals surface area (Å²) in [4.78, 5) is 58.8. The Labute approximate surface area is 398 Å². The number of anilines is 1. The quantitative estimate of drug-likeness (QED) is 0.0260. The van der Waals surface area contributed by atoms with Crippen molar-refractivity contribution in [1.82, 2.24) is 34.6 Å². The Hall–Kier alpha value is -5.87. The summed E-state index contributed by atoms with van der Waals surface area (Å²) in [7, 11) is 1.58. The summed E-state index contributed by atoms with van der Waals surface area (Å²) >= 11 is 0. The van der Waals surface area contributed by atoms with Gasteiger partial charge < -0.3 is 87.0 Å². The largest absolute Gasteiger partial charge is 0.542 e.